The third-order valence-corrected chi connectivity index (χ3v) is 3.60. The number of aliphatic hydroxyl groups excluding tert-OH is 1. The molecule has 0 aliphatic rings. The Kier molecular flexibility index (Phi) is 4.91. The zero-order valence-electron chi connectivity index (χ0n) is 11.1. The average Bonchev–Trinajstić information content (AvgIpc) is 2.37. The van der Waals surface area contributed by atoms with Gasteiger partial charge >= 0.3 is 0 Å². The number of rotatable bonds is 6. The van der Waals surface area contributed by atoms with Crippen molar-refractivity contribution in [3.05, 3.63) is 48.0 Å². The van der Waals surface area contributed by atoms with Gasteiger partial charge < -0.3 is 5.11 Å². The number of aliphatic hydroxyl groups is 1. The predicted octanol–water partition coefficient (Wildman–Crippen LogP) is 2.84. The molecule has 1 aromatic rings. The lowest BCUT2D eigenvalue weighted by molar-refractivity contribution is 0.0851. The Balaban J connectivity index is 2.80. The number of hydrogen-bond donors (Lipinski definition) is 1. The maximum Gasteiger partial charge on any atom is 0.0651 e. The van der Waals surface area contributed by atoms with E-state index in [1.807, 2.05) is 32.2 Å². The molecule has 17 heavy (non-hydrogen) atoms. The highest BCUT2D eigenvalue weighted by molar-refractivity contribution is 5.19. The molecule has 1 atom stereocenters. The van der Waals surface area contributed by atoms with Gasteiger partial charge in [-0.05, 0) is 26.0 Å². The van der Waals surface area contributed by atoms with Crippen LogP contribution in [0.3, 0.4) is 0 Å². The van der Waals surface area contributed by atoms with E-state index in [0.29, 0.717) is 0 Å². The van der Waals surface area contributed by atoms with Gasteiger partial charge in [0.05, 0.1) is 12.1 Å². The molecule has 1 aromatic carbocycles. The van der Waals surface area contributed by atoms with Crippen LogP contribution in [-0.4, -0.2) is 29.2 Å². The number of benzene rings is 1. The minimum absolute atomic E-state index is 0.100. The van der Waals surface area contributed by atoms with E-state index in [1.165, 1.54) is 5.56 Å². The third-order valence-electron chi connectivity index (χ3n) is 3.60. The molecule has 0 spiro atoms. The maximum absolute atomic E-state index is 9.63. The second kappa shape index (κ2) is 5.99. The second-order valence-electron chi connectivity index (χ2n) is 4.73. The summed E-state index contributed by atoms with van der Waals surface area (Å²) in [5, 5.41) is 9.63. The smallest absolute Gasteiger partial charge is 0.0651 e. The summed E-state index contributed by atoms with van der Waals surface area (Å²) < 4.78 is 0. The van der Waals surface area contributed by atoms with Crippen LogP contribution in [0.2, 0.25) is 0 Å². The maximum atomic E-state index is 9.63. The van der Waals surface area contributed by atoms with Crippen molar-refractivity contribution in [1.29, 1.82) is 0 Å². The lowest BCUT2D eigenvalue weighted by Crippen LogP contribution is -2.47. The number of likely N-dealkylation sites (N-methyl/N-ethyl adjacent to an activating group) is 1. The zero-order chi connectivity index (χ0) is 12.9. The van der Waals surface area contributed by atoms with E-state index in [-0.39, 0.29) is 12.1 Å². The molecule has 1 unspecified atom stereocenters. The van der Waals surface area contributed by atoms with Crippen molar-refractivity contribution in [3.8, 4) is 0 Å². The minimum atomic E-state index is -0.343. The molecule has 0 aromatic heterocycles. The summed E-state index contributed by atoms with van der Waals surface area (Å²) in [6, 6.07) is 10.3. The largest absolute Gasteiger partial charge is 0.394 e. The molecular formula is C15H23NO. The van der Waals surface area contributed by atoms with Crippen LogP contribution in [0.5, 0.6) is 0 Å². The SMILES string of the molecule is C=C(CC)C(C)(CO)N(C)Cc1ccccc1. The summed E-state index contributed by atoms with van der Waals surface area (Å²) in [4.78, 5) is 2.16. The standard InChI is InChI=1S/C15H23NO/c1-5-13(2)15(3,12-17)16(4)11-14-9-7-6-8-10-14/h6-10,17H,2,5,11-12H2,1,3-4H3. The van der Waals surface area contributed by atoms with E-state index in [1.54, 1.807) is 0 Å². The lowest BCUT2D eigenvalue weighted by atomic mass is 9.90. The normalized spacial score (nSPS) is 14.6. The first-order chi connectivity index (χ1) is 8.04. The van der Waals surface area contributed by atoms with Gasteiger partial charge in [0.1, 0.15) is 0 Å². The monoisotopic (exact) mass is 233 g/mol. The van der Waals surface area contributed by atoms with Gasteiger partial charge in [-0.1, -0.05) is 49.4 Å². The van der Waals surface area contributed by atoms with Crippen molar-refractivity contribution >= 4 is 0 Å². The molecule has 1 N–H and O–H groups in total. The molecule has 0 heterocycles. The van der Waals surface area contributed by atoms with Crippen molar-refractivity contribution in [2.45, 2.75) is 32.4 Å². The molecule has 1 rings (SSSR count). The van der Waals surface area contributed by atoms with Gasteiger partial charge in [0.15, 0.2) is 0 Å². The highest BCUT2D eigenvalue weighted by Crippen LogP contribution is 2.25. The Morgan fingerprint density at radius 2 is 1.94 bits per heavy atom. The summed E-state index contributed by atoms with van der Waals surface area (Å²) in [7, 11) is 2.03. The van der Waals surface area contributed by atoms with Gasteiger partial charge in [0, 0.05) is 6.54 Å². The average molecular weight is 233 g/mol. The summed E-state index contributed by atoms with van der Waals surface area (Å²) >= 11 is 0. The second-order valence-corrected chi connectivity index (χ2v) is 4.73. The Hall–Kier alpha value is -1.12. The predicted molar refractivity (Wildman–Crippen MR) is 72.8 cm³/mol. The molecule has 0 fully saturated rings. The molecule has 0 radical (unpaired) electrons. The molecule has 2 nitrogen and oxygen atoms in total. The van der Waals surface area contributed by atoms with Crippen molar-refractivity contribution in [1.82, 2.24) is 4.90 Å². The first kappa shape index (κ1) is 13.9. The van der Waals surface area contributed by atoms with E-state index >= 15 is 0 Å². The van der Waals surface area contributed by atoms with Gasteiger partial charge in [0.25, 0.3) is 0 Å². The van der Waals surface area contributed by atoms with E-state index in [9.17, 15) is 5.11 Å². The van der Waals surface area contributed by atoms with Gasteiger partial charge in [-0.15, -0.1) is 0 Å². The van der Waals surface area contributed by atoms with Crippen LogP contribution in [0.25, 0.3) is 0 Å². The zero-order valence-corrected chi connectivity index (χ0v) is 11.1. The van der Waals surface area contributed by atoms with Gasteiger partial charge in [-0.3, -0.25) is 4.90 Å². The van der Waals surface area contributed by atoms with Crippen LogP contribution in [0.15, 0.2) is 42.5 Å². The van der Waals surface area contributed by atoms with Crippen molar-refractivity contribution in [3.63, 3.8) is 0 Å². The number of hydrogen-bond acceptors (Lipinski definition) is 2. The van der Waals surface area contributed by atoms with Gasteiger partial charge in [-0.2, -0.15) is 0 Å². The minimum Gasteiger partial charge on any atom is -0.394 e. The number of nitrogens with zero attached hydrogens (tertiary/aromatic N) is 1. The molecule has 0 amide bonds. The molecule has 0 bridgehead atoms. The van der Waals surface area contributed by atoms with Crippen LogP contribution < -0.4 is 0 Å². The molecular weight excluding hydrogens is 210 g/mol. The molecule has 94 valence electrons. The Labute approximate surface area is 105 Å². The van der Waals surface area contributed by atoms with Crippen LogP contribution >= 0.6 is 0 Å². The van der Waals surface area contributed by atoms with E-state index in [4.69, 9.17) is 0 Å². The van der Waals surface area contributed by atoms with Gasteiger partial charge in [0.2, 0.25) is 0 Å². The summed E-state index contributed by atoms with van der Waals surface area (Å²) in [5.41, 5.74) is 1.97. The Morgan fingerprint density at radius 3 is 2.41 bits per heavy atom. The fraction of sp³-hybridized carbons (Fsp3) is 0.467. The van der Waals surface area contributed by atoms with E-state index in [0.717, 1.165) is 18.5 Å². The summed E-state index contributed by atoms with van der Waals surface area (Å²) in [5.74, 6) is 0. The van der Waals surface area contributed by atoms with E-state index < -0.39 is 0 Å². The summed E-state index contributed by atoms with van der Waals surface area (Å²) in [6.07, 6.45) is 0.885. The molecule has 0 saturated heterocycles. The van der Waals surface area contributed by atoms with Crippen molar-refractivity contribution in [2.75, 3.05) is 13.7 Å². The topological polar surface area (TPSA) is 23.5 Å². The lowest BCUT2D eigenvalue weighted by Gasteiger charge is -2.39. The Morgan fingerprint density at radius 1 is 1.35 bits per heavy atom. The van der Waals surface area contributed by atoms with Crippen molar-refractivity contribution in [2.24, 2.45) is 0 Å². The first-order valence-electron chi connectivity index (χ1n) is 6.09. The Bertz CT molecular complexity index is 360. The highest BCUT2D eigenvalue weighted by Gasteiger charge is 2.30. The molecule has 0 saturated carbocycles. The van der Waals surface area contributed by atoms with Crippen LogP contribution in [0.4, 0.5) is 0 Å². The summed E-state index contributed by atoms with van der Waals surface area (Å²) in [6.45, 7) is 9.11. The third kappa shape index (κ3) is 3.18. The molecule has 2 heteroatoms. The first-order valence-corrected chi connectivity index (χ1v) is 6.09. The highest BCUT2D eigenvalue weighted by atomic mass is 16.3. The van der Waals surface area contributed by atoms with Crippen molar-refractivity contribution < 1.29 is 5.11 Å². The quantitative estimate of drug-likeness (QED) is 0.764. The fourth-order valence-electron chi connectivity index (χ4n) is 1.92. The van der Waals surface area contributed by atoms with Crippen LogP contribution in [0, 0.1) is 0 Å². The molecule has 0 aliphatic heterocycles. The fourth-order valence-corrected chi connectivity index (χ4v) is 1.92. The van der Waals surface area contributed by atoms with Crippen LogP contribution in [-0.2, 0) is 6.54 Å². The van der Waals surface area contributed by atoms with E-state index in [2.05, 4.69) is 30.5 Å². The molecule has 0 aliphatic carbocycles. The van der Waals surface area contributed by atoms with Gasteiger partial charge in [-0.25, -0.2) is 0 Å². The van der Waals surface area contributed by atoms with Crippen LogP contribution in [0.1, 0.15) is 25.8 Å².